The van der Waals surface area contributed by atoms with E-state index in [0.717, 1.165) is 23.2 Å². The van der Waals surface area contributed by atoms with Gasteiger partial charge in [-0.2, -0.15) is 0 Å². The first-order valence-corrected chi connectivity index (χ1v) is 7.47. The molecule has 0 fully saturated rings. The Morgan fingerprint density at radius 1 is 1.35 bits per heavy atom. The van der Waals surface area contributed by atoms with E-state index in [1.165, 1.54) is 11.2 Å². The molecule has 0 radical (unpaired) electrons. The number of anilines is 1. The molecule has 6 nitrogen and oxygen atoms in total. The van der Waals surface area contributed by atoms with Gasteiger partial charge in [0.2, 0.25) is 0 Å². The van der Waals surface area contributed by atoms with Crippen LogP contribution in [0.25, 0.3) is 0 Å². The van der Waals surface area contributed by atoms with Crippen molar-refractivity contribution in [2.45, 2.75) is 19.4 Å². The highest BCUT2D eigenvalue weighted by Gasteiger charge is 2.31. The minimum absolute atomic E-state index is 0.345. The summed E-state index contributed by atoms with van der Waals surface area (Å²) in [5, 5.41) is 11.9. The zero-order chi connectivity index (χ0) is 16.4. The SMILES string of the molecule is Cc1cccc2c1CCN2C(=O)C(=O)NC(CO)c1ccco1. The van der Waals surface area contributed by atoms with Crippen molar-refractivity contribution in [1.82, 2.24) is 5.32 Å². The summed E-state index contributed by atoms with van der Waals surface area (Å²) in [6.07, 6.45) is 2.19. The molecule has 2 amide bonds. The van der Waals surface area contributed by atoms with E-state index in [0.29, 0.717) is 12.3 Å². The highest BCUT2D eigenvalue weighted by Crippen LogP contribution is 2.30. The first kappa shape index (κ1) is 15.3. The lowest BCUT2D eigenvalue weighted by Crippen LogP contribution is -2.44. The predicted octanol–water partition coefficient (Wildman–Crippen LogP) is 1.33. The van der Waals surface area contributed by atoms with Crippen LogP contribution in [0, 0.1) is 6.92 Å². The molecule has 1 aliphatic rings. The van der Waals surface area contributed by atoms with E-state index in [4.69, 9.17) is 4.42 Å². The van der Waals surface area contributed by atoms with Crippen LogP contribution >= 0.6 is 0 Å². The number of amides is 2. The summed E-state index contributed by atoms with van der Waals surface area (Å²) in [7, 11) is 0. The van der Waals surface area contributed by atoms with Crippen LogP contribution in [0.2, 0.25) is 0 Å². The van der Waals surface area contributed by atoms with Gasteiger partial charge in [-0.3, -0.25) is 9.59 Å². The Kier molecular flexibility index (Phi) is 4.16. The van der Waals surface area contributed by atoms with E-state index in [2.05, 4.69) is 5.32 Å². The summed E-state index contributed by atoms with van der Waals surface area (Å²) in [6.45, 7) is 2.13. The van der Waals surface area contributed by atoms with Gasteiger partial charge >= 0.3 is 11.8 Å². The number of carbonyl (C=O) groups is 2. The lowest BCUT2D eigenvalue weighted by Gasteiger charge is -2.19. The monoisotopic (exact) mass is 314 g/mol. The summed E-state index contributed by atoms with van der Waals surface area (Å²) < 4.78 is 5.16. The first-order chi connectivity index (χ1) is 11.1. The van der Waals surface area contributed by atoms with E-state index in [-0.39, 0.29) is 6.61 Å². The average Bonchev–Trinajstić information content (AvgIpc) is 3.21. The molecule has 120 valence electrons. The number of benzene rings is 1. The smallest absolute Gasteiger partial charge is 0.316 e. The van der Waals surface area contributed by atoms with E-state index in [1.807, 2.05) is 25.1 Å². The maximum Gasteiger partial charge on any atom is 0.316 e. The number of furan rings is 1. The molecule has 0 spiro atoms. The van der Waals surface area contributed by atoms with Crippen LogP contribution < -0.4 is 10.2 Å². The maximum absolute atomic E-state index is 12.4. The number of rotatable bonds is 3. The largest absolute Gasteiger partial charge is 0.467 e. The molecular formula is C17H18N2O4. The lowest BCUT2D eigenvalue weighted by molar-refractivity contribution is -0.138. The molecule has 1 aromatic carbocycles. The zero-order valence-corrected chi connectivity index (χ0v) is 12.8. The molecule has 0 bridgehead atoms. The third-order valence-electron chi connectivity index (χ3n) is 4.08. The summed E-state index contributed by atoms with van der Waals surface area (Å²) in [5.41, 5.74) is 2.99. The predicted molar refractivity (Wildman–Crippen MR) is 83.9 cm³/mol. The maximum atomic E-state index is 12.4. The molecule has 1 aliphatic heterocycles. The van der Waals surface area contributed by atoms with Crippen molar-refractivity contribution in [3.05, 3.63) is 53.5 Å². The topological polar surface area (TPSA) is 82.8 Å². The summed E-state index contributed by atoms with van der Waals surface area (Å²) in [4.78, 5) is 26.2. The molecule has 23 heavy (non-hydrogen) atoms. The Morgan fingerprint density at radius 3 is 2.87 bits per heavy atom. The third kappa shape index (κ3) is 2.85. The van der Waals surface area contributed by atoms with Gasteiger partial charge in [0.25, 0.3) is 0 Å². The third-order valence-corrected chi connectivity index (χ3v) is 4.08. The van der Waals surface area contributed by atoms with Crippen LogP contribution in [0.5, 0.6) is 0 Å². The van der Waals surface area contributed by atoms with Crippen LogP contribution in [-0.4, -0.2) is 30.1 Å². The van der Waals surface area contributed by atoms with E-state index < -0.39 is 17.9 Å². The van der Waals surface area contributed by atoms with Gasteiger partial charge in [0.15, 0.2) is 0 Å². The fraction of sp³-hybridized carbons (Fsp3) is 0.294. The second kappa shape index (κ2) is 6.26. The number of aliphatic hydroxyl groups excluding tert-OH is 1. The molecule has 6 heteroatoms. The second-order valence-corrected chi connectivity index (χ2v) is 5.50. The molecule has 1 atom stereocenters. The molecule has 0 saturated heterocycles. The van der Waals surface area contributed by atoms with Gasteiger partial charge in [0.05, 0.1) is 12.9 Å². The Bertz CT molecular complexity index is 724. The first-order valence-electron chi connectivity index (χ1n) is 7.47. The molecule has 0 saturated carbocycles. The summed E-state index contributed by atoms with van der Waals surface area (Å²) in [5.74, 6) is -0.972. The van der Waals surface area contributed by atoms with Gasteiger partial charge in [-0.1, -0.05) is 12.1 Å². The highest BCUT2D eigenvalue weighted by atomic mass is 16.3. The van der Waals surface area contributed by atoms with Gasteiger partial charge in [-0.25, -0.2) is 0 Å². The van der Waals surface area contributed by atoms with Crippen molar-refractivity contribution < 1.29 is 19.1 Å². The lowest BCUT2D eigenvalue weighted by atomic mass is 10.1. The Morgan fingerprint density at radius 2 is 2.17 bits per heavy atom. The van der Waals surface area contributed by atoms with Gasteiger partial charge < -0.3 is 19.7 Å². The number of nitrogens with zero attached hydrogens (tertiary/aromatic N) is 1. The van der Waals surface area contributed by atoms with Crippen LogP contribution in [0.4, 0.5) is 5.69 Å². The molecule has 2 aromatic rings. The van der Waals surface area contributed by atoms with Gasteiger partial charge in [0.1, 0.15) is 11.8 Å². The number of aliphatic hydroxyl groups is 1. The van der Waals surface area contributed by atoms with Crippen molar-refractivity contribution >= 4 is 17.5 Å². The number of carbonyl (C=O) groups excluding carboxylic acids is 2. The summed E-state index contributed by atoms with van der Waals surface area (Å²) in [6, 6.07) is 8.27. The molecule has 3 rings (SSSR count). The Hall–Kier alpha value is -2.60. The standard InChI is InChI=1S/C17H18N2O4/c1-11-4-2-5-14-12(11)7-8-19(14)17(22)16(21)18-13(10-20)15-6-3-9-23-15/h2-6,9,13,20H,7-8,10H2,1H3,(H,18,21). The van der Waals surface area contributed by atoms with Crippen molar-refractivity contribution in [3.8, 4) is 0 Å². The number of nitrogens with one attached hydrogen (secondary N) is 1. The second-order valence-electron chi connectivity index (χ2n) is 5.50. The number of hydrogen-bond donors (Lipinski definition) is 2. The van der Waals surface area contributed by atoms with Crippen LogP contribution in [0.15, 0.2) is 41.0 Å². The molecule has 0 aliphatic carbocycles. The number of fused-ring (bicyclic) bond motifs is 1. The fourth-order valence-corrected chi connectivity index (χ4v) is 2.86. The minimum Gasteiger partial charge on any atom is -0.467 e. The van der Waals surface area contributed by atoms with Gasteiger partial charge in [-0.15, -0.1) is 0 Å². The van der Waals surface area contributed by atoms with Crippen LogP contribution in [0.3, 0.4) is 0 Å². The molecule has 2 heterocycles. The van der Waals surface area contributed by atoms with Crippen LogP contribution in [0.1, 0.15) is 22.9 Å². The summed E-state index contributed by atoms with van der Waals surface area (Å²) >= 11 is 0. The molecule has 1 aromatic heterocycles. The Balaban J connectivity index is 1.74. The van der Waals surface area contributed by atoms with Crippen LogP contribution in [-0.2, 0) is 16.0 Å². The van der Waals surface area contributed by atoms with Gasteiger partial charge in [-0.05, 0) is 42.7 Å². The normalized spacial score (nSPS) is 14.4. The molecule has 2 N–H and O–H groups in total. The Labute approximate surface area is 133 Å². The van der Waals surface area contributed by atoms with E-state index in [9.17, 15) is 14.7 Å². The highest BCUT2D eigenvalue weighted by molar-refractivity contribution is 6.40. The van der Waals surface area contributed by atoms with Crippen molar-refractivity contribution in [3.63, 3.8) is 0 Å². The quantitative estimate of drug-likeness (QED) is 0.837. The fourth-order valence-electron chi connectivity index (χ4n) is 2.86. The number of hydrogen-bond acceptors (Lipinski definition) is 4. The number of aryl methyl sites for hydroxylation is 1. The molecule has 1 unspecified atom stereocenters. The van der Waals surface area contributed by atoms with Crippen molar-refractivity contribution in [2.24, 2.45) is 0 Å². The molecular weight excluding hydrogens is 296 g/mol. The van der Waals surface area contributed by atoms with Gasteiger partial charge in [0, 0.05) is 12.2 Å². The zero-order valence-electron chi connectivity index (χ0n) is 12.8. The minimum atomic E-state index is -0.755. The average molecular weight is 314 g/mol. The van der Waals surface area contributed by atoms with Crippen molar-refractivity contribution in [2.75, 3.05) is 18.1 Å². The van der Waals surface area contributed by atoms with Crippen molar-refractivity contribution in [1.29, 1.82) is 0 Å². The van der Waals surface area contributed by atoms with E-state index in [1.54, 1.807) is 12.1 Å². The van der Waals surface area contributed by atoms with E-state index >= 15 is 0 Å².